The lowest BCUT2D eigenvalue weighted by Gasteiger charge is -2.29. The van der Waals surface area contributed by atoms with Gasteiger partial charge in [-0.2, -0.15) is 8.42 Å². The quantitative estimate of drug-likeness (QED) is 0.447. The number of carbonyl (C=O) groups is 1. The molecule has 16 heavy (non-hydrogen) atoms. The Hall–Kier alpha value is -0.920. The van der Waals surface area contributed by atoms with E-state index in [2.05, 4.69) is 10.8 Å². The van der Waals surface area contributed by atoms with Gasteiger partial charge in [0.25, 0.3) is 0 Å². The maximum atomic E-state index is 11.2. The van der Waals surface area contributed by atoms with Crippen molar-refractivity contribution in [3.05, 3.63) is 12.2 Å². The van der Waals surface area contributed by atoms with Crippen LogP contribution in [0.15, 0.2) is 12.2 Å². The summed E-state index contributed by atoms with van der Waals surface area (Å²) < 4.78 is 38.9. The third-order valence-electron chi connectivity index (χ3n) is 1.93. The summed E-state index contributed by atoms with van der Waals surface area (Å²) >= 11 is 0. The Morgan fingerprint density at radius 3 is 2.19 bits per heavy atom. The first-order valence-corrected chi connectivity index (χ1v) is 5.87. The van der Waals surface area contributed by atoms with Gasteiger partial charge in [0, 0.05) is 5.57 Å². The van der Waals surface area contributed by atoms with Crippen molar-refractivity contribution in [2.24, 2.45) is 0 Å². The molecule has 0 radical (unpaired) electrons. The van der Waals surface area contributed by atoms with Crippen molar-refractivity contribution in [3.63, 3.8) is 0 Å². The van der Waals surface area contributed by atoms with E-state index in [-0.39, 0.29) is 5.57 Å². The third kappa shape index (κ3) is 5.24. The smallest absolute Gasteiger partial charge is 0.398 e. The average molecular weight is 252 g/mol. The van der Waals surface area contributed by atoms with E-state index in [0.29, 0.717) is 0 Å². The number of rotatable bonds is 5. The fourth-order valence-electron chi connectivity index (χ4n) is 0.742. The highest BCUT2D eigenvalue weighted by atomic mass is 32.3. The molecule has 6 nitrogen and oxygen atoms in total. The first-order valence-electron chi connectivity index (χ1n) is 4.50. The first kappa shape index (κ1) is 15.1. The molecule has 0 aromatic carbocycles. The van der Waals surface area contributed by atoms with Crippen molar-refractivity contribution in [3.8, 4) is 0 Å². The van der Waals surface area contributed by atoms with Gasteiger partial charge in [-0.05, 0) is 27.7 Å². The molecule has 1 atom stereocenters. The molecule has 0 aromatic rings. The van der Waals surface area contributed by atoms with E-state index in [9.17, 15) is 13.2 Å². The summed E-state index contributed by atoms with van der Waals surface area (Å²) in [6, 6.07) is 0. The molecule has 0 aromatic heterocycles. The van der Waals surface area contributed by atoms with E-state index in [4.69, 9.17) is 9.29 Å². The lowest BCUT2D eigenvalue weighted by molar-refractivity contribution is -0.153. The predicted molar refractivity (Wildman–Crippen MR) is 57.1 cm³/mol. The molecule has 0 saturated carbocycles. The maximum Gasteiger partial charge on any atom is 0.398 e. The van der Waals surface area contributed by atoms with Crippen molar-refractivity contribution in [1.29, 1.82) is 0 Å². The standard InChI is InChI=1S/C9H16O6S/c1-6(2)8(10)14-7(3)9(4,5)15-16(11,12)13/h7H,1H2,2-5H3,(H,11,12,13). The zero-order chi connectivity index (χ0) is 13.1. The van der Waals surface area contributed by atoms with Gasteiger partial charge in [-0.3, -0.25) is 4.55 Å². The Morgan fingerprint density at radius 1 is 1.44 bits per heavy atom. The first-order chi connectivity index (χ1) is 6.96. The summed E-state index contributed by atoms with van der Waals surface area (Å²) in [4.78, 5) is 11.2. The van der Waals surface area contributed by atoms with Crippen LogP contribution in [0.5, 0.6) is 0 Å². The van der Waals surface area contributed by atoms with Crippen molar-refractivity contribution in [2.75, 3.05) is 0 Å². The lowest BCUT2D eigenvalue weighted by Crippen LogP contribution is -2.41. The molecule has 0 amide bonds. The summed E-state index contributed by atoms with van der Waals surface area (Å²) in [6.07, 6.45) is -0.862. The molecule has 0 aliphatic heterocycles. The number of hydrogen-bond acceptors (Lipinski definition) is 5. The minimum atomic E-state index is -4.60. The molecule has 0 heterocycles. The number of esters is 1. The molecule has 1 unspecified atom stereocenters. The Bertz CT molecular complexity index is 381. The number of hydrogen-bond donors (Lipinski definition) is 1. The van der Waals surface area contributed by atoms with Crippen molar-refractivity contribution in [1.82, 2.24) is 0 Å². The van der Waals surface area contributed by atoms with E-state index in [1.54, 1.807) is 0 Å². The van der Waals surface area contributed by atoms with Crippen LogP contribution in [-0.2, 0) is 24.1 Å². The van der Waals surface area contributed by atoms with E-state index in [0.717, 1.165) is 0 Å². The zero-order valence-corrected chi connectivity index (χ0v) is 10.5. The normalized spacial score (nSPS) is 14.3. The van der Waals surface area contributed by atoms with Gasteiger partial charge in [-0.15, -0.1) is 0 Å². The van der Waals surface area contributed by atoms with E-state index >= 15 is 0 Å². The van der Waals surface area contributed by atoms with Crippen molar-refractivity contribution in [2.45, 2.75) is 39.4 Å². The Labute approximate surface area is 95.2 Å². The van der Waals surface area contributed by atoms with Gasteiger partial charge in [-0.25, -0.2) is 8.98 Å². The van der Waals surface area contributed by atoms with Crippen LogP contribution in [0.3, 0.4) is 0 Å². The zero-order valence-electron chi connectivity index (χ0n) is 9.68. The molecule has 0 aliphatic rings. The largest absolute Gasteiger partial charge is 0.456 e. The van der Waals surface area contributed by atoms with Crippen LogP contribution >= 0.6 is 0 Å². The summed E-state index contributed by atoms with van der Waals surface area (Å²) in [5, 5.41) is 0. The van der Waals surface area contributed by atoms with Gasteiger partial charge < -0.3 is 4.74 Å². The van der Waals surface area contributed by atoms with E-state index in [1.165, 1.54) is 27.7 Å². The summed E-state index contributed by atoms with van der Waals surface area (Å²) in [5.74, 6) is -0.653. The predicted octanol–water partition coefficient (Wildman–Crippen LogP) is 1.09. The van der Waals surface area contributed by atoms with Crippen LogP contribution in [0.2, 0.25) is 0 Å². The van der Waals surface area contributed by atoms with Crippen LogP contribution in [0.25, 0.3) is 0 Å². The Morgan fingerprint density at radius 2 is 1.88 bits per heavy atom. The van der Waals surface area contributed by atoms with Gasteiger partial charge in [-0.1, -0.05) is 6.58 Å². The highest BCUT2D eigenvalue weighted by Gasteiger charge is 2.34. The second-order valence-electron chi connectivity index (χ2n) is 3.94. The second-order valence-corrected chi connectivity index (χ2v) is 4.96. The molecular weight excluding hydrogens is 236 g/mol. The van der Waals surface area contributed by atoms with Crippen molar-refractivity contribution >= 4 is 16.4 Å². The second kappa shape index (κ2) is 4.94. The molecule has 0 saturated heterocycles. The molecule has 0 aliphatic carbocycles. The molecule has 7 heteroatoms. The van der Waals surface area contributed by atoms with E-state index in [1.807, 2.05) is 0 Å². The highest BCUT2D eigenvalue weighted by molar-refractivity contribution is 7.80. The van der Waals surface area contributed by atoms with Gasteiger partial charge in [0.2, 0.25) is 0 Å². The van der Waals surface area contributed by atoms with Crippen LogP contribution in [-0.4, -0.2) is 30.6 Å². The fraction of sp³-hybridized carbons (Fsp3) is 0.667. The minimum absolute atomic E-state index is 0.189. The molecule has 1 N–H and O–H groups in total. The monoisotopic (exact) mass is 252 g/mol. The maximum absolute atomic E-state index is 11.2. The Kier molecular flexibility index (Phi) is 4.66. The van der Waals surface area contributed by atoms with Crippen LogP contribution in [0.4, 0.5) is 0 Å². The molecule has 0 fully saturated rings. The summed E-state index contributed by atoms with van der Waals surface area (Å²) in [5.41, 5.74) is -1.17. The third-order valence-corrected chi connectivity index (χ3v) is 2.57. The van der Waals surface area contributed by atoms with Crippen LogP contribution in [0, 0.1) is 0 Å². The Balaban J connectivity index is 4.65. The topological polar surface area (TPSA) is 89.9 Å². The average Bonchev–Trinajstić information content (AvgIpc) is 1.98. The number of ether oxygens (including phenoxy) is 1. The van der Waals surface area contributed by atoms with E-state index < -0.39 is 28.1 Å². The minimum Gasteiger partial charge on any atom is -0.456 e. The molecule has 0 rings (SSSR count). The summed E-state index contributed by atoms with van der Waals surface area (Å²) in [7, 11) is -4.60. The van der Waals surface area contributed by atoms with Gasteiger partial charge in [0.1, 0.15) is 11.7 Å². The molecular formula is C9H16O6S. The SMILES string of the molecule is C=C(C)C(=O)OC(C)C(C)(C)OS(=O)(=O)O. The van der Waals surface area contributed by atoms with Crippen LogP contribution < -0.4 is 0 Å². The molecule has 0 bridgehead atoms. The van der Waals surface area contributed by atoms with Gasteiger partial charge in [0.05, 0.1) is 0 Å². The van der Waals surface area contributed by atoms with Gasteiger partial charge in [0.15, 0.2) is 0 Å². The van der Waals surface area contributed by atoms with Crippen molar-refractivity contribution < 1.29 is 26.7 Å². The molecule has 0 spiro atoms. The lowest BCUT2D eigenvalue weighted by atomic mass is 10.0. The fourth-order valence-corrected chi connectivity index (χ4v) is 1.42. The molecule has 94 valence electrons. The summed E-state index contributed by atoms with van der Waals surface area (Å²) in [6.45, 7) is 9.04. The van der Waals surface area contributed by atoms with Crippen LogP contribution in [0.1, 0.15) is 27.7 Å². The highest BCUT2D eigenvalue weighted by Crippen LogP contribution is 2.20. The number of carbonyl (C=O) groups excluding carboxylic acids is 1. The van der Waals surface area contributed by atoms with Gasteiger partial charge >= 0.3 is 16.4 Å².